The van der Waals surface area contributed by atoms with Crippen molar-refractivity contribution in [3.05, 3.63) is 12.7 Å². The first-order valence-corrected chi connectivity index (χ1v) is 9.31. The largest absolute Gasteiger partial charge is 0.382 e. The number of anilines is 1. The fourth-order valence-corrected chi connectivity index (χ4v) is 4.05. The van der Waals surface area contributed by atoms with Gasteiger partial charge in [-0.1, -0.05) is 0 Å². The van der Waals surface area contributed by atoms with Gasteiger partial charge in [0.2, 0.25) is 0 Å². The number of nitrogen functional groups attached to an aromatic ring is 1. The van der Waals surface area contributed by atoms with Gasteiger partial charge in [-0.3, -0.25) is 9.13 Å². The summed E-state index contributed by atoms with van der Waals surface area (Å²) in [6.45, 7) is 0. The van der Waals surface area contributed by atoms with Crippen LogP contribution in [0.15, 0.2) is 12.7 Å². The Balaban J connectivity index is 1.61. The molecule has 4 N–H and O–H groups in total. The van der Waals surface area contributed by atoms with Crippen molar-refractivity contribution in [1.29, 1.82) is 0 Å². The Bertz CT molecular complexity index is 799. The topological polar surface area (TPSA) is 136 Å². The number of nitrogens with two attached hydrogens (primary N) is 1. The maximum absolute atomic E-state index is 11.1. The summed E-state index contributed by atoms with van der Waals surface area (Å²) in [6.07, 6.45) is 5.75. The molecule has 0 amide bonds. The predicted octanol–water partition coefficient (Wildman–Crippen LogP) is 1.04. The van der Waals surface area contributed by atoms with Crippen LogP contribution >= 0.6 is 7.60 Å². The number of nitrogens with zero attached hydrogens (tertiary/aromatic N) is 4. The van der Waals surface area contributed by atoms with Crippen LogP contribution in [-0.4, -0.2) is 41.6 Å². The maximum atomic E-state index is 11.1. The Labute approximate surface area is 132 Å². The van der Waals surface area contributed by atoms with Crippen molar-refractivity contribution < 1.29 is 19.1 Å². The van der Waals surface area contributed by atoms with E-state index in [-0.39, 0.29) is 23.9 Å². The molecule has 0 aromatic carbocycles. The van der Waals surface area contributed by atoms with Gasteiger partial charge in [-0.05, 0) is 25.7 Å². The fraction of sp³-hybridized carbons (Fsp3) is 0.615. The molecule has 1 aliphatic heterocycles. The summed E-state index contributed by atoms with van der Waals surface area (Å²) in [7, 11) is -4.00. The Kier molecular flexibility index (Phi) is 3.25. The molecule has 9 nitrogen and oxygen atoms in total. The van der Waals surface area contributed by atoms with Crippen molar-refractivity contribution in [2.75, 3.05) is 11.9 Å². The molecule has 1 aliphatic carbocycles. The quantitative estimate of drug-likeness (QED) is 0.703. The molecule has 3 heterocycles. The normalized spacial score (nSPS) is 26.2. The second-order valence-corrected chi connectivity index (χ2v) is 8.21. The molecule has 0 unspecified atom stereocenters. The molecule has 1 saturated heterocycles. The second kappa shape index (κ2) is 4.98. The SMILES string of the molecule is Nc1ncnc2c1ncn2[C@@H]1O[C@H](CCP(=O)(O)O)CC12CC2. The fourth-order valence-electron chi connectivity index (χ4n) is 3.43. The Morgan fingerprint density at radius 3 is 2.87 bits per heavy atom. The minimum Gasteiger partial charge on any atom is -0.382 e. The molecule has 2 aromatic rings. The highest BCUT2D eigenvalue weighted by atomic mass is 31.2. The zero-order valence-corrected chi connectivity index (χ0v) is 13.3. The van der Waals surface area contributed by atoms with E-state index in [1.807, 2.05) is 4.57 Å². The molecule has 2 fully saturated rings. The first-order chi connectivity index (χ1) is 10.9. The maximum Gasteiger partial charge on any atom is 0.325 e. The summed E-state index contributed by atoms with van der Waals surface area (Å²) in [4.78, 5) is 30.6. The highest BCUT2D eigenvalue weighted by Gasteiger charge is 2.57. The minimum atomic E-state index is -4.00. The van der Waals surface area contributed by atoms with E-state index in [1.165, 1.54) is 6.33 Å². The van der Waals surface area contributed by atoms with Crippen molar-refractivity contribution in [1.82, 2.24) is 19.5 Å². The number of rotatable bonds is 4. The molecule has 0 radical (unpaired) electrons. The summed E-state index contributed by atoms with van der Waals surface area (Å²) in [5, 5.41) is 0. The Hall–Kier alpha value is -1.54. The van der Waals surface area contributed by atoms with E-state index in [4.69, 9.17) is 20.3 Å². The molecule has 1 saturated carbocycles. The molecular weight excluding hydrogens is 321 g/mol. The number of hydrogen-bond acceptors (Lipinski definition) is 6. The lowest BCUT2D eigenvalue weighted by Crippen LogP contribution is -2.16. The standard InChI is InChI=1S/C13H18N5O4P/c14-10-9-11(16-6-15-10)18(7-17-9)12-13(2-3-13)5-8(22-12)1-4-23(19,20)21/h6-8,12H,1-5H2,(H2,14,15,16)(H2,19,20,21)/t8-,12-/m1/s1. The van der Waals surface area contributed by atoms with E-state index in [1.54, 1.807) is 6.33 Å². The number of ether oxygens (including phenoxy) is 1. The van der Waals surface area contributed by atoms with Gasteiger partial charge in [-0.2, -0.15) is 0 Å². The highest BCUT2D eigenvalue weighted by molar-refractivity contribution is 7.51. The molecule has 4 rings (SSSR count). The Morgan fingerprint density at radius 2 is 2.17 bits per heavy atom. The average Bonchev–Trinajstić information content (AvgIpc) is 2.96. The van der Waals surface area contributed by atoms with Gasteiger partial charge in [-0.25, -0.2) is 15.0 Å². The van der Waals surface area contributed by atoms with E-state index in [0.717, 1.165) is 19.3 Å². The first kappa shape index (κ1) is 15.0. The van der Waals surface area contributed by atoms with E-state index >= 15 is 0 Å². The smallest absolute Gasteiger partial charge is 0.325 e. The van der Waals surface area contributed by atoms with Crippen molar-refractivity contribution in [2.24, 2.45) is 5.41 Å². The molecule has 2 aromatic heterocycles. The van der Waals surface area contributed by atoms with Crippen LogP contribution in [0.4, 0.5) is 5.82 Å². The van der Waals surface area contributed by atoms with Crippen LogP contribution in [0.2, 0.25) is 0 Å². The van der Waals surface area contributed by atoms with Crippen LogP contribution in [0.25, 0.3) is 11.2 Å². The number of aromatic nitrogens is 4. The molecular formula is C13H18N5O4P. The molecule has 2 aliphatic rings. The van der Waals surface area contributed by atoms with Crippen LogP contribution < -0.4 is 5.73 Å². The van der Waals surface area contributed by atoms with Crippen molar-refractivity contribution >= 4 is 24.6 Å². The van der Waals surface area contributed by atoms with Gasteiger partial charge in [0, 0.05) is 5.41 Å². The highest BCUT2D eigenvalue weighted by Crippen LogP contribution is 2.63. The monoisotopic (exact) mass is 339 g/mol. The van der Waals surface area contributed by atoms with E-state index in [0.29, 0.717) is 23.4 Å². The second-order valence-electron chi connectivity index (χ2n) is 6.44. The summed E-state index contributed by atoms with van der Waals surface area (Å²) in [5.41, 5.74) is 7.02. The summed E-state index contributed by atoms with van der Waals surface area (Å²) < 4.78 is 19.1. The third kappa shape index (κ3) is 2.63. The van der Waals surface area contributed by atoms with Crippen LogP contribution in [-0.2, 0) is 9.30 Å². The average molecular weight is 339 g/mol. The van der Waals surface area contributed by atoms with Crippen LogP contribution in [0.1, 0.15) is 31.9 Å². The van der Waals surface area contributed by atoms with Gasteiger partial charge < -0.3 is 20.3 Å². The van der Waals surface area contributed by atoms with Crippen molar-refractivity contribution in [2.45, 2.75) is 38.0 Å². The van der Waals surface area contributed by atoms with E-state index < -0.39 is 7.60 Å². The first-order valence-electron chi connectivity index (χ1n) is 7.51. The lowest BCUT2D eigenvalue weighted by atomic mass is 9.99. The van der Waals surface area contributed by atoms with Crippen LogP contribution in [0.3, 0.4) is 0 Å². The Morgan fingerprint density at radius 1 is 1.39 bits per heavy atom. The molecule has 1 spiro atoms. The van der Waals surface area contributed by atoms with Gasteiger partial charge in [0.1, 0.15) is 18.1 Å². The summed E-state index contributed by atoms with van der Waals surface area (Å²) in [6, 6.07) is 0. The molecule has 23 heavy (non-hydrogen) atoms. The van der Waals surface area contributed by atoms with E-state index in [9.17, 15) is 4.57 Å². The molecule has 0 bridgehead atoms. The number of fused-ring (bicyclic) bond motifs is 1. The van der Waals surface area contributed by atoms with Gasteiger partial charge in [-0.15, -0.1) is 0 Å². The van der Waals surface area contributed by atoms with Crippen molar-refractivity contribution in [3.63, 3.8) is 0 Å². The summed E-state index contributed by atoms with van der Waals surface area (Å²) in [5.74, 6) is 0.328. The number of imidazole rings is 1. The predicted molar refractivity (Wildman–Crippen MR) is 81.5 cm³/mol. The molecule has 10 heteroatoms. The van der Waals surface area contributed by atoms with Crippen LogP contribution in [0, 0.1) is 5.41 Å². The third-order valence-electron chi connectivity index (χ3n) is 4.75. The van der Waals surface area contributed by atoms with Gasteiger partial charge in [0.25, 0.3) is 0 Å². The van der Waals surface area contributed by atoms with Gasteiger partial charge in [0.05, 0.1) is 18.6 Å². The molecule has 2 atom stereocenters. The van der Waals surface area contributed by atoms with Crippen LogP contribution in [0.5, 0.6) is 0 Å². The lowest BCUT2D eigenvalue weighted by Gasteiger charge is -2.19. The van der Waals surface area contributed by atoms with Gasteiger partial charge in [0.15, 0.2) is 11.5 Å². The summed E-state index contributed by atoms with van der Waals surface area (Å²) >= 11 is 0. The third-order valence-corrected chi connectivity index (χ3v) is 5.59. The lowest BCUT2D eigenvalue weighted by molar-refractivity contribution is -0.0161. The van der Waals surface area contributed by atoms with Gasteiger partial charge >= 0.3 is 7.60 Å². The minimum absolute atomic E-state index is 0.0207. The van der Waals surface area contributed by atoms with E-state index in [2.05, 4.69) is 15.0 Å². The molecule has 124 valence electrons. The zero-order chi connectivity index (χ0) is 16.2. The zero-order valence-electron chi connectivity index (χ0n) is 12.4. The van der Waals surface area contributed by atoms with Crippen molar-refractivity contribution in [3.8, 4) is 0 Å². The number of hydrogen-bond donors (Lipinski definition) is 3.